The summed E-state index contributed by atoms with van der Waals surface area (Å²) in [7, 11) is 0. The van der Waals surface area contributed by atoms with Crippen LogP contribution in [-0.2, 0) is 0 Å². The van der Waals surface area contributed by atoms with Crippen LogP contribution in [-0.4, -0.2) is 33.5 Å². The summed E-state index contributed by atoms with van der Waals surface area (Å²) < 4.78 is 18.6. The lowest BCUT2D eigenvalue weighted by Crippen LogP contribution is -2.08. The Hall–Kier alpha value is 1.80. The third-order valence-corrected chi connectivity index (χ3v) is 15.5. The molecule has 0 aromatic heterocycles. The Morgan fingerprint density at radius 2 is 0.929 bits per heavy atom. The number of halogens is 10. The van der Waals surface area contributed by atoms with Crippen LogP contribution in [0.1, 0.15) is 36.8 Å². The zero-order valence-corrected chi connectivity index (χ0v) is 37.9. The highest BCUT2D eigenvalue weighted by Gasteiger charge is 2.24. The zero-order chi connectivity index (χ0) is 30.7. The summed E-state index contributed by atoms with van der Waals surface area (Å²) in [4.78, 5) is 0.695. The van der Waals surface area contributed by atoms with Crippen molar-refractivity contribution in [1.29, 1.82) is 0 Å². The van der Waals surface area contributed by atoms with Gasteiger partial charge in [-0.15, -0.1) is 0 Å². The standard InChI is InChI=1S/C30H24Br10O2/c1-14(17-2-4-19(35)27-25(17)21(37)10-23(39)29(27)41-8-6-15(33)12-31)18-3-5-20(36)28-26(18)22(38)11-24(40)30(28)42-9-7-16(34)13-32/h2-5,10-11,14-16H,6-9,12-13H2,1H3. The van der Waals surface area contributed by atoms with Gasteiger partial charge in [0.2, 0.25) is 0 Å². The van der Waals surface area contributed by atoms with Gasteiger partial charge in [0, 0.05) is 65.7 Å². The predicted octanol–water partition coefficient (Wildman–Crippen LogP) is 14.6. The second kappa shape index (κ2) is 16.8. The van der Waals surface area contributed by atoms with Crippen molar-refractivity contribution in [2.75, 3.05) is 23.9 Å². The van der Waals surface area contributed by atoms with Crippen LogP contribution in [0.4, 0.5) is 0 Å². The highest BCUT2D eigenvalue weighted by atomic mass is 79.9. The van der Waals surface area contributed by atoms with Crippen molar-refractivity contribution < 1.29 is 9.47 Å². The topological polar surface area (TPSA) is 18.5 Å². The molecule has 0 aliphatic heterocycles. The Labute approximate surface area is 330 Å². The molecule has 2 atom stereocenters. The number of benzene rings is 4. The maximum atomic E-state index is 6.40. The zero-order valence-electron chi connectivity index (χ0n) is 22.0. The van der Waals surface area contributed by atoms with E-state index in [0.29, 0.717) is 22.9 Å². The van der Waals surface area contributed by atoms with Gasteiger partial charge < -0.3 is 9.47 Å². The van der Waals surface area contributed by atoms with E-state index >= 15 is 0 Å². The number of hydrogen-bond acceptors (Lipinski definition) is 2. The van der Waals surface area contributed by atoms with E-state index in [1.807, 2.05) is 0 Å². The summed E-state index contributed by atoms with van der Waals surface area (Å²) in [6, 6.07) is 12.8. The van der Waals surface area contributed by atoms with Gasteiger partial charge in [-0.25, -0.2) is 0 Å². The molecule has 0 aliphatic rings. The minimum Gasteiger partial charge on any atom is -0.492 e. The van der Waals surface area contributed by atoms with E-state index in [1.54, 1.807) is 0 Å². The van der Waals surface area contributed by atoms with Crippen LogP contribution in [0.2, 0.25) is 0 Å². The highest BCUT2D eigenvalue weighted by molar-refractivity contribution is 9.13. The van der Waals surface area contributed by atoms with Crippen molar-refractivity contribution in [3.8, 4) is 11.5 Å². The lowest BCUT2D eigenvalue weighted by molar-refractivity contribution is 0.314. The fourth-order valence-electron chi connectivity index (χ4n) is 4.79. The fourth-order valence-corrected chi connectivity index (χ4v) is 9.84. The monoisotopic (exact) mass is 1210 g/mol. The quantitative estimate of drug-likeness (QED) is 0.132. The maximum Gasteiger partial charge on any atom is 0.142 e. The number of ether oxygens (including phenoxy) is 2. The smallest absolute Gasteiger partial charge is 0.142 e. The number of fused-ring (bicyclic) bond motifs is 2. The first-order chi connectivity index (χ1) is 20.0. The van der Waals surface area contributed by atoms with Gasteiger partial charge in [-0.2, -0.15) is 0 Å². The van der Waals surface area contributed by atoms with Crippen LogP contribution in [0, 0.1) is 0 Å². The van der Waals surface area contributed by atoms with Crippen molar-refractivity contribution in [3.63, 3.8) is 0 Å². The van der Waals surface area contributed by atoms with Crippen molar-refractivity contribution >= 4 is 181 Å². The first-order valence-corrected chi connectivity index (χ1v) is 21.7. The van der Waals surface area contributed by atoms with Gasteiger partial charge in [0.05, 0.1) is 22.2 Å². The van der Waals surface area contributed by atoms with Gasteiger partial charge in [-0.1, -0.05) is 146 Å². The van der Waals surface area contributed by atoms with E-state index < -0.39 is 0 Å². The molecule has 4 rings (SSSR count). The molecule has 2 unspecified atom stereocenters. The lowest BCUT2D eigenvalue weighted by Gasteiger charge is -2.23. The molecular formula is C30H24Br10O2. The largest absolute Gasteiger partial charge is 0.492 e. The molecule has 0 saturated carbocycles. The number of alkyl halides is 4. The van der Waals surface area contributed by atoms with E-state index in [2.05, 4.69) is 203 Å². The summed E-state index contributed by atoms with van der Waals surface area (Å²) in [5.41, 5.74) is 2.38. The second-order valence-corrected chi connectivity index (χ2v) is 18.6. The van der Waals surface area contributed by atoms with E-state index in [0.717, 1.165) is 83.4 Å². The maximum absolute atomic E-state index is 6.40. The van der Waals surface area contributed by atoms with E-state index in [9.17, 15) is 0 Å². The van der Waals surface area contributed by atoms with Crippen molar-refractivity contribution in [2.24, 2.45) is 0 Å². The number of rotatable bonds is 12. The second-order valence-electron chi connectivity index (χ2n) is 9.61. The van der Waals surface area contributed by atoms with Gasteiger partial charge >= 0.3 is 0 Å². The summed E-state index contributed by atoms with van der Waals surface area (Å²) in [6.45, 7) is 3.44. The molecule has 226 valence electrons. The van der Waals surface area contributed by atoms with Crippen molar-refractivity contribution in [2.45, 2.75) is 35.3 Å². The minimum absolute atomic E-state index is 0.0486. The molecule has 0 aliphatic carbocycles. The van der Waals surface area contributed by atoms with E-state index in [4.69, 9.17) is 9.47 Å². The lowest BCUT2D eigenvalue weighted by atomic mass is 9.86. The molecule has 0 N–H and O–H groups in total. The summed E-state index contributed by atoms with van der Waals surface area (Å²) in [5, 5.41) is 6.05. The normalized spacial score (nSPS) is 13.9. The molecule has 0 heterocycles. The SMILES string of the molecule is CC(c1ccc(Br)c2c(OCCC(Br)CBr)c(Br)cc(Br)c12)c1ccc(Br)c2c(OCCC(Br)CBr)c(Br)cc(Br)c12. The molecule has 4 aromatic rings. The van der Waals surface area contributed by atoms with E-state index in [-0.39, 0.29) is 5.92 Å². The Morgan fingerprint density at radius 3 is 1.29 bits per heavy atom. The first-order valence-electron chi connectivity index (χ1n) is 12.9. The Bertz CT molecular complexity index is 1480. The third kappa shape index (κ3) is 8.26. The summed E-state index contributed by atoms with van der Waals surface area (Å²) in [5.74, 6) is 1.71. The average molecular weight is 1220 g/mol. The molecule has 0 saturated heterocycles. The minimum atomic E-state index is 0.0486. The van der Waals surface area contributed by atoms with Crippen LogP contribution in [0.5, 0.6) is 11.5 Å². The molecule has 12 heteroatoms. The van der Waals surface area contributed by atoms with Gasteiger partial charge in [0.1, 0.15) is 11.5 Å². The molecule has 0 spiro atoms. The fraction of sp³-hybridized carbons (Fsp3) is 0.333. The van der Waals surface area contributed by atoms with Crippen LogP contribution in [0.15, 0.2) is 63.2 Å². The van der Waals surface area contributed by atoms with Crippen molar-refractivity contribution in [1.82, 2.24) is 0 Å². The van der Waals surface area contributed by atoms with Gasteiger partial charge in [0.25, 0.3) is 0 Å². The Kier molecular flexibility index (Phi) is 14.6. The molecule has 2 nitrogen and oxygen atoms in total. The van der Waals surface area contributed by atoms with Crippen molar-refractivity contribution in [3.05, 3.63) is 74.4 Å². The van der Waals surface area contributed by atoms with Crippen LogP contribution in [0.3, 0.4) is 0 Å². The van der Waals surface area contributed by atoms with Crippen LogP contribution < -0.4 is 9.47 Å². The molecule has 0 bridgehead atoms. The van der Waals surface area contributed by atoms with Gasteiger partial charge in [-0.05, 0) is 80.1 Å². The van der Waals surface area contributed by atoms with Crippen LogP contribution in [0.25, 0.3) is 21.5 Å². The number of hydrogen-bond donors (Lipinski definition) is 0. The van der Waals surface area contributed by atoms with Gasteiger partial charge in [-0.3, -0.25) is 0 Å². The third-order valence-electron chi connectivity index (χ3n) is 6.87. The molecule has 0 amide bonds. The molecule has 0 fully saturated rings. The molecule has 42 heavy (non-hydrogen) atoms. The van der Waals surface area contributed by atoms with E-state index in [1.165, 1.54) is 11.1 Å². The molecular weight excluding hydrogens is 1190 g/mol. The average Bonchev–Trinajstić information content (AvgIpc) is 2.96. The summed E-state index contributed by atoms with van der Waals surface area (Å²) >= 11 is 37.4. The molecule has 4 aromatic carbocycles. The van der Waals surface area contributed by atoms with Crippen LogP contribution >= 0.6 is 159 Å². The Balaban J connectivity index is 1.87. The molecule has 0 radical (unpaired) electrons. The summed E-state index contributed by atoms with van der Waals surface area (Å²) in [6.07, 6.45) is 1.77. The first kappa shape index (κ1) is 36.6. The highest BCUT2D eigenvalue weighted by Crippen LogP contribution is 2.49. The predicted molar refractivity (Wildman–Crippen MR) is 215 cm³/mol. The Morgan fingerprint density at radius 1 is 0.548 bits per heavy atom. The van der Waals surface area contributed by atoms with Gasteiger partial charge in [0.15, 0.2) is 0 Å².